The van der Waals surface area contributed by atoms with Gasteiger partial charge in [-0.15, -0.1) is 0 Å². The minimum atomic E-state index is -4.76. The van der Waals surface area contributed by atoms with Crippen LogP contribution in [0.1, 0.15) is 47.1 Å². The van der Waals surface area contributed by atoms with Crippen LogP contribution in [0.15, 0.2) is 67.3 Å². The fourth-order valence-electron chi connectivity index (χ4n) is 5.64. The smallest absolute Gasteiger partial charge is 0.417 e. The van der Waals surface area contributed by atoms with Crippen LogP contribution in [0.2, 0.25) is 0 Å². The van der Waals surface area contributed by atoms with Gasteiger partial charge >= 0.3 is 12.1 Å². The van der Waals surface area contributed by atoms with E-state index in [1.165, 1.54) is 13.4 Å². The second kappa shape index (κ2) is 10.5. The molecule has 0 fully saturated rings. The van der Waals surface area contributed by atoms with Crippen molar-refractivity contribution in [3.63, 3.8) is 0 Å². The molecule has 6 rings (SSSR count). The summed E-state index contributed by atoms with van der Waals surface area (Å²) in [4.78, 5) is 19.7. The molecule has 0 unspecified atom stereocenters. The van der Waals surface area contributed by atoms with Gasteiger partial charge in [0.2, 0.25) is 0 Å². The normalized spacial score (nSPS) is 17.5. The third-order valence-corrected chi connectivity index (χ3v) is 7.56. The van der Waals surface area contributed by atoms with Crippen LogP contribution in [0, 0.1) is 5.82 Å². The number of alkyl halides is 3. The van der Waals surface area contributed by atoms with Crippen LogP contribution in [-0.2, 0) is 22.1 Å². The fraction of sp³-hybridized carbons (Fsp3) is 0.258. The summed E-state index contributed by atoms with van der Waals surface area (Å²) in [6.07, 6.45) is -0.212. The number of methoxy groups -OCH3 is 1. The van der Waals surface area contributed by atoms with Gasteiger partial charge in [-0.25, -0.2) is 14.4 Å². The van der Waals surface area contributed by atoms with E-state index in [9.17, 15) is 18.0 Å². The molecule has 0 saturated heterocycles. The number of halogens is 4. The molecule has 4 aromatic rings. The SMILES string of the molecule is COC(=O)C[C@@H]1COc2cc(O[C@@H]3CCc4c(-c5ccc(-c6cncnc6)cc5)c(C(F)(F)F)cc(F)c43)ccc21. The number of ether oxygens (including phenoxy) is 3. The first-order chi connectivity index (χ1) is 19.7. The van der Waals surface area contributed by atoms with Crippen LogP contribution < -0.4 is 9.47 Å². The number of carbonyl (C=O) groups excluding carboxylic acids is 1. The lowest BCUT2D eigenvalue weighted by Gasteiger charge is -2.21. The van der Waals surface area contributed by atoms with Gasteiger partial charge in [0, 0.05) is 41.1 Å². The lowest BCUT2D eigenvalue weighted by Crippen LogP contribution is -2.12. The van der Waals surface area contributed by atoms with E-state index in [4.69, 9.17) is 14.2 Å². The van der Waals surface area contributed by atoms with Gasteiger partial charge in [-0.3, -0.25) is 4.79 Å². The van der Waals surface area contributed by atoms with Crippen LogP contribution in [0.25, 0.3) is 22.3 Å². The van der Waals surface area contributed by atoms with Crippen molar-refractivity contribution in [2.75, 3.05) is 13.7 Å². The predicted octanol–water partition coefficient (Wildman–Crippen LogP) is 7.07. The minimum absolute atomic E-state index is 0.0428. The van der Waals surface area contributed by atoms with E-state index in [0.29, 0.717) is 36.2 Å². The Kier molecular flexibility index (Phi) is 6.84. The summed E-state index contributed by atoms with van der Waals surface area (Å²) in [6.45, 7) is 0.314. The molecule has 0 bridgehead atoms. The molecule has 0 amide bonds. The molecule has 1 aliphatic carbocycles. The van der Waals surface area contributed by atoms with Crippen molar-refractivity contribution < 1.29 is 36.6 Å². The Hall–Kier alpha value is -4.47. The predicted molar refractivity (Wildman–Crippen MR) is 141 cm³/mol. The molecule has 2 atom stereocenters. The summed E-state index contributed by atoms with van der Waals surface area (Å²) in [7, 11) is 1.33. The lowest BCUT2D eigenvalue weighted by atomic mass is 9.90. The van der Waals surface area contributed by atoms with Crippen LogP contribution in [0.5, 0.6) is 11.5 Å². The lowest BCUT2D eigenvalue weighted by molar-refractivity contribution is -0.141. The molecule has 41 heavy (non-hydrogen) atoms. The summed E-state index contributed by atoms with van der Waals surface area (Å²) >= 11 is 0. The molecule has 2 heterocycles. The monoisotopic (exact) mass is 564 g/mol. The maximum atomic E-state index is 15.4. The standard InChI is InChI=1S/C31H24F4N2O4/c1-39-28(38)10-19-15-40-27-11-21(6-7-22(19)27)41-26-9-8-23-29(24(31(33,34)35)12-25(32)30(23)26)18-4-2-17(3-5-18)20-13-36-16-37-14-20/h2-7,11-14,16,19,26H,8-10,15H2,1H3/t19-,26-/m1/s1. The molecule has 2 aliphatic rings. The van der Waals surface area contributed by atoms with Gasteiger partial charge < -0.3 is 14.2 Å². The van der Waals surface area contributed by atoms with Crippen molar-refractivity contribution in [1.82, 2.24) is 9.97 Å². The molecule has 0 radical (unpaired) electrons. The molecule has 1 aromatic heterocycles. The van der Waals surface area contributed by atoms with Gasteiger partial charge in [-0.05, 0) is 47.2 Å². The van der Waals surface area contributed by atoms with Crippen molar-refractivity contribution in [1.29, 1.82) is 0 Å². The Morgan fingerprint density at radius 3 is 2.46 bits per heavy atom. The van der Waals surface area contributed by atoms with Gasteiger partial charge in [0.05, 0.1) is 25.7 Å². The average molecular weight is 565 g/mol. The van der Waals surface area contributed by atoms with E-state index in [1.54, 1.807) is 54.9 Å². The maximum absolute atomic E-state index is 15.4. The maximum Gasteiger partial charge on any atom is 0.417 e. The van der Waals surface area contributed by atoms with Crippen LogP contribution in [0.3, 0.4) is 0 Å². The molecule has 0 N–H and O–H groups in total. The zero-order chi connectivity index (χ0) is 28.7. The van der Waals surface area contributed by atoms with Gasteiger partial charge in [-0.2, -0.15) is 13.2 Å². The summed E-state index contributed by atoms with van der Waals surface area (Å²) in [5.41, 5.74) is 1.98. The Morgan fingerprint density at radius 2 is 1.76 bits per heavy atom. The average Bonchev–Trinajstić information content (AvgIpc) is 3.57. The summed E-state index contributed by atoms with van der Waals surface area (Å²) in [5, 5.41) is 0. The molecule has 3 aromatic carbocycles. The molecule has 0 saturated carbocycles. The highest BCUT2D eigenvalue weighted by molar-refractivity contribution is 5.77. The third kappa shape index (κ3) is 5.10. The van der Waals surface area contributed by atoms with E-state index >= 15 is 4.39 Å². The van der Waals surface area contributed by atoms with E-state index < -0.39 is 23.7 Å². The highest BCUT2D eigenvalue weighted by atomic mass is 19.4. The van der Waals surface area contributed by atoms with Crippen molar-refractivity contribution in [3.8, 4) is 33.8 Å². The topological polar surface area (TPSA) is 70.5 Å². The number of nitrogens with zero attached hydrogens (tertiary/aromatic N) is 2. The van der Waals surface area contributed by atoms with Gasteiger partial charge in [0.25, 0.3) is 0 Å². The van der Waals surface area contributed by atoms with Crippen LogP contribution in [-0.4, -0.2) is 29.7 Å². The molecule has 10 heteroatoms. The molecule has 0 spiro atoms. The second-order valence-corrected chi connectivity index (χ2v) is 10.0. The van der Waals surface area contributed by atoms with E-state index in [1.807, 2.05) is 0 Å². The van der Waals surface area contributed by atoms with Crippen molar-refractivity contribution in [2.24, 2.45) is 0 Å². The van der Waals surface area contributed by atoms with Gasteiger partial charge in [0.15, 0.2) is 0 Å². The summed E-state index contributed by atoms with van der Waals surface area (Å²) < 4.78 is 74.5. The summed E-state index contributed by atoms with van der Waals surface area (Å²) in [6, 6.07) is 12.3. The zero-order valence-electron chi connectivity index (χ0n) is 21.9. The van der Waals surface area contributed by atoms with E-state index in [-0.39, 0.29) is 41.4 Å². The van der Waals surface area contributed by atoms with Crippen LogP contribution in [0.4, 0.5) is 17.6 Å². The van der Waals surface area contributed by atoms with Gasteiger partial charge in [0.1, 0.15) is 29.7 Å². The largest absolute Gasteiger partial charge is 0.492 e. The number of fused-ring (bicyclic) bond motifs is 2. The molecule has 210 valence electrons. The number of hydrogen-bond acceptors (Lipinski definition) is 6. The number of aromatic nitrogens is 2. The van der Waals surface area contributed by atoms with Crippen molar-refractivity contribution in [3.05, 3.63) is 95.3 Å². The minimum Gasteiger partial charge on any atom is -0.492 e. The number of benzene rings is 3. The van der Waals surface area contributed by atoms with Gasteiger partial charge in [-0.1, -0.05) is 30.3 Å². The first-order valence-electron chi connectivity index (χ1n) is 13.0. The van der Waals surface area contributed by atoms with Crippen molar-refractivity contribution >= 4 is 5.97 Å². The number of esters is 1. The number of hydrogen-bond donors (Lipinski definition) is 0. The van der Waals surface area contributed by atoms with E-state index in [2.05, 4.69) is 9.97 Å². The second-order valence-electron chi connectivity index (χ2n) is 10.0. The molecular weight excluding hydrogens is 540 g/mol. The molecular formula is C31H24F4N2O4. The zero-order valence-corrected chi connectivity index (χ0v) is 21.9. The van der Waals surface area contributed by atoms with Crippen molar-refractivity contribution in [2.45, 2.75) is 37.5 Å². The fourth-order valence-corrected chi connectivity index (χ4v) is 5.64. The Balaban J connectivity index is 1.33. The molecule has 6 nitrogen and oxygen atoms in total. The first-order valence-corrected chi connectivity index (χ1v) is 13.0. The molecule has 1 aliphatic heterocycles. The quantitative estimate of drug-likeness (QED) is 0.184. The number of carbonyl (C=O) groups is 1. The van der Waals surface area contributed by atoms with E-state index in [0.717, 1.165) is 16.7 Å². The Labute approximate surface area is 232 Å². The highest BCUT2D eigenvalue weighted by Gasteiger charge is 2.40. The summed E-state index contributed by atoms with van der Waals surface area (Å²) in [5.74, 6) is -0.502. The van der Waals surface area contributed by atoms with Crippen LogP contribution >= 0.6 is 0 Å². The highest BCUT2D eigenvalue weighted by Crippen LogP contribution is 2.48. The Morgan fingerprint density at radius 1 is 1.02 bits per heavy atom. The first kappa shape index (κ1) is 26.7. The Bertz CT molecular complexity index is 1610. The number of rotatable bonds is 6. The third-order valence-electron chi connectivity index (χ3n) is 7.56.